The Balaban J connectivity index is 2.46. The van der Waals surface area contributed by atoms with Crippen molar-refractivity contribution in [1.82, 2.24) is 0 Å². The molecule has 0 atom stereocenters. The van der Waals surface area contributed by atoms with Gasteiger partial charge in [0.25, 0.3) is 0 Å². The fourth-order valence-electron chi connectivity index (χ4n) is 1.82. The van der Waals surface area contributed by atoms with Crippen molar-refractivity contribution in [2.45, 2.75) is 52.1 Å². The third kappa shape index (κ3) is 4.96. The minimum Gasteiger partial charge on any atom is -0.391 e. The molecule has 0 N–H and O–H groups in total. The van der Waals surface area contributed by atoms with Crippen LogP contribution in [0.3, 0.4) is 0 Å². The number of nitrogens with zero attached hydrogens (tertiary/aromatic N) is 1. The number of halogens is 5. The standard InChI is InChI=1S/C15H18F5NO/c1-2-3-4-5-6-7-8-21-22-9-10-11(16)13(18)15(20)14(19)12(10)17/h8H,2-7,9H2,1H3/b21-8-. The number of oxime groups is 1. The van der Waals surface area contributed by atoms with Crippen molar-refractivity contribution in [2.75, 3.05) is 0 Å². The average Bonchev–Trinajstić information content (AvgIpc) is 2.52. The predicted octanol–water partition coefficient (Wildman–Crippen LogP) is 5.25. The molecule has 0 saturated carbocycles. The predicted molar refractivity (Wildman–Crippen MR) is 72.9 cm³/mol. The molecule has 22 heavy (non-hydrogen) atoms. The van der Waals surface area contributed by atoms with Crippen LogP contribution in [0.25, 0.3) is 0 Å². The second-order valence-corrected chi connectivity index (χ2v) is 4.81. The van der Waals surface area contributed by atoms with Gasteiger partial charge in [-0.3, -0.25) is 0 Å². The topological polar surface area (TPSA) is 21.6 Å². The molecular weight excluding hydrogens is 305 g/mol. The molecule has 1 rings (SSSR count). The van der Waals surface area contributed by atoms with Crippen LogP contribution in [0, 0.1) is 29.1 Å². The van der Waals surface area contributed by atoms with Crippen LogP contribution in [0.4, 0.5) is 22.0 Å². The number of unbranched alkanes of at least 4 members (excludes halogenated alkanes) is 5. The van der Waals surface area contributed by atoms with Crippen LogP contribution < -0.4 is 0 Å². The zero-order valence-corrected chi connectivity index (χ0v) is 12.3. The normalized spacial score (nSPS) is 11.4. The smallest absolute Gasteiger partial charge is 0.200 e. The van der Waals surface area contributed by atoms with E-state index in [0.717, 1.165) is 32.1 Å². The van der Waals surface area contributed by atoms with Crippen LogP contribution in [0.2, 0.25) is 0 Å². The van der Waals surface area contributed by atoms with Crippen molar-refractivity contribution in [3.63, 3.8) is 0 Å². The summed E-state index contributed by atoms with van der Waals surface area (Å²) >= 11 is 0. The minimum atomic E-state index is -2.19. The Bertz CT molecular complexity index is 490. The van der Waals surface area contributed by atoms with Crippen LogP contribution in [0.15, 0.2) is 5.16 Å². The maximum atomic E-state index is 13.3. The molecule has 0 saturated heterocycles. The first-order chi connectivity index (χ1) is 10.5. The molecule has 0 radical (unpaired) electrons. The lowest BCUT2D eigenvalue weighted by Gasteiger charge is -2.06. The summed E-state index contributed by atoms with van der Waals surface area (Å²) in [6.07, 6.45) is 7.40. The first-order valence-corrected chi connectivity index (χ1v) is 7.14. The Hall–Kier alpha value is -1.66. The van der Waals surface area contributed by atoms with Gasteiger partial charge in [-0.05, 0) is 12.8 Å². The molecule has 0 heterocycles. The lowest BCUT2D eigenvalue weighted by atomic mass is 10.1. The molecule has 0 bridgehead atoms. The van der Waals surface area contributed by atoms with Crippen molar-refractivity contribution in [3.05, 3.63) is 34.6 Å². The van der Waals surface area contributed by atoms with Crippen molar-refractivity contribution in [2.24, 2.45) is 5.16 Å². The molecule has 7 heteroatoms. The van der Waals surface area contributed by atoms with Gasteiger partial charge < -0.3 is 4.84 Å². The van der Waals surface area contributed by atoms with E-state index in [4.69, 9.17) is 0 Å². The SMILES string of the molecule is CCCCCCC/C=N\OCc1c(F)c(F)c(F)c(F)c1F. The Kier molecular flexibility index (Phi) is 7.84. The Morgan fingerprint density at radius 1 is 0.818 bits per heavy atom. The molecule has 1 aromatic rings. The van der Waals surface area contributed by atoms with Gasteiger partial charge in [-0.25, -0.2) is 22.0 Å². The van der Waals surface area contributed by atoms with E-state index < -0.39 is 41.3 Å². The molecular formula is C15H18F5NO. The highest BCUT2D eigenvalue weighted by Gasteiger charge is 2.25. The Morgan fingerprint density at radius 2 is 1.36 bits per heavy atom. The van der Waals surface area contributed by atoms with Crippen LogP contribution in [-0.4, -0.2) is 6.21 Å². The average molecular weight is 323 g/mol. The summed E-state index contributed by atoms with van der Waals surface area (Å²) < 4.78 is 65.3. The van der Waals surface area contributed by atoms with Gasteiger partial charge >= 0.3 is 0 Å². The van der Waals surface area contributed by atoms with E-state index in [2.05, 4.69) is 16.9 Å². The van der Waals surface area contributed by atoms with Gasteiger partial charge in [0, 0.05) is 6.21 Å². The Labute approximate surface area is 126 Å². The van der Waals surface area contributed by atoms with Gasteiger partial charge in [0.15, 0.2) is 23.3 Å². The summed E-state index contributed by atoms with van der Waals surface area (Å²) in [5.41, 5.74) is -1.03. The first kappa shape index (κ1) is 18.4. The van der Waals surface area contributed by atoms with Crippen molar-refractivity contribution in [3.8, 4) is 0 Å². The summed E-state index contributed by atoms with van der Waals surface area (Å²) in [6.45, 7) is 1.28. The summed E-state index contributed by atoms with van der Waals surface area (Å²) in [6, 6.07) is 0. The third-order valence-corrected chi connectivity index (χ3v) is 3.10. The number of rotatable bonds is 9. The fraction of sp³-hybridized carbons (Fsp3) is 0.533. The van der Waals surface area contributed by atoms with Crippen molar-refractivity contribution < 1.29 is 26.8 Å². The molecule has 0 spiro atoms. The molecule has 0 amide bonds. The minimum absolute atomic E-state index is 0.626. The molecule has 124 valence electrons. The highest BCUT2D eigenvalue weighted by Crippen LogP contribution is 2.23. The first-order valence-electron chi connectivity index (χ1n) is 7.14. The zero-order valence-electron chi connectivity index (χ0n) is 12.3. The largest absolute Gasteiger partial charge is 0.391 e. The van der Waals surface area contributed by atoms with Gasteiger partial charge in [0.2, 0.25) is 5.82 Å². The van der Waals surface area contributed by atoms with Crippen LogP contribution in [-0.2, 0) is 11.4 Å². The maximum Gasteiger partial charge on any atom is 0.200 e. The quantitative estimate of drug-likeness (QED) is 0.152. The van der Waals surface area contributed by atoms with E-state index >= 15 is 0 Å². The van der Waals surface area contributed by atoms with E-state index in [0.29, 0.717) is 6.42 Å². The van der Waals surface area contributed by atoms with Gasteiger partial charge in [-0.15, -0.1) is 0 Å². The molecule has 0 aliphatic heterocycles. The molecule has 0 unspecified atom stereocenters. The van der Waals surface area contributed by atoms with Gasteiger partial charge in [-0.1, -0.05) is 37.8 Å². The monoisotopic (exact) mass is 323 g/mol. The van der Waals surface area contributed by atoms with Gasteiger partial charge in [0.1, 0.15) is 6.61 Å². The second kappa shape index (κ2) is 9.38. The van der Waals surface area contributed by atoms with E-state index in [1.54, 1.807) is 0 Å². The fourth-order valence-corrected chi connectivity index (χ4v) is 1.82. The Morgan fingerprint density at radius 3 is 1.95 bits per heavy atom. The van der Waals surface area contributed by atoms with Crippen molar-refractivity contribution in [1.29, 1.82) is 0 Å². The molecule has 0 aliphatic carbocycles. The summed E-state index contributed by atoms with van der Waals surface area (Å²) in [5, 5.41) is 3.45. The van der Waals surface area contributed by atoms with E-state index in [1.807, 2.05) is 0 Å². The van der Waals surface area contributed by atoms with Gasteiger partial charge in [-0.2, -0.15) is 0 Å². The molecule has 0 aliphatic rings. The van der Waals surface area contributed by atoms with Crippen LogP contribution in [0.5, 0.6) is 0 Å². The number of benzene rings is 1. The lowest BCUT2D eigenvalue weighted by molar-refractivity contribution is 0.124. The van der Waals surface area contributed by atoms with Crippen molar-refractivity contribution >= 4 is 6.21 Å². The van der Waals surface area contributed by atoms with Gasteiger partial charge in [0.05, 0.1) is 5.56 Å². The second-order valence-electron chi connectivity index (χ2n) is 4.81. The van der Waals surface area contributed by atoms with E-state index in [9.17, 15) is 22.0 Å². The number of hydrogen-bond donors (Lipinski definition) is 0. The summed E-state index contributed by atoms with van der Waals surface area (Å²) in [4.78, 5) is 4.59. The maximum absolute atomic E-state index is 13.3. The van der Waals surface area contributed by atoms with Crippen LogP contribution >= 0.6 is 0 Å². The molecule has 2 nitrogen and oxygen atoms in total. The van der Waals surface area contributed by atoms with Crippen LogP contribution in [0.1, 0.15) is 51.0 Å². The highest BCUT2D eigenvalue weighted by molar-refractivity contribution is 5.56. The third-order valence-electron chi connectivity index (χ3n) is 3.10. The summed E-state index contributed by atoms with van der Waals surface area (Å²) in [5.74, 6) is -9.96. The lowest BCUT2D eigenvalue weighted by Crippen LogP contribution is -2.07. The number of hydrogen-bond acceptors (Lipinski definition) is 2. The highest BCUT2D eigenvalue weighted by atomic mass is 19.2. The zero-order chi connectivity index (χ0) is 16.5. The van der Waals surface area contributed by atoms with E-state index in [1.165, 1.54) is 6.21 Å². The molecule has 1 aromatic carbocycles. The molecule has 0 aromatic heterocycles. The van der Waals surface area contributed by atoms with E-state index in [-0.39, 0.29) is 0 Å². The molecule has 0 fully saturated rings. The summed E-state index contributed by atoms with van der Waals surface area (Å²) in [7, 11) is 0.